The van der Waals surface area contributed by atoms with E-state index < -0.39 is 35.9 Å². The standard InChI is InChI=1S/C19H18N2O7/c1-20(19(24)28-12-14-6-3-2-4-7-14)11-18(23)27-13-17(22)15-8-5-9-16(10-15)21(25)26/h2-10H,11-13H2,1H3. The molecule has 1 amide bonds. The fourth-order valence-electron chi connectivity index (χ4n) is 2.16. The lowest BCUT2D eigenvalue weighted by atomic mass is 10.1. The number of rotatable bonds is 8. The molecule has 9 heteroatoms. The van der Waals surface area contributed by atoms with Crippen molar-refractivity contribution in [2.75, 3.05) is 20.2 Å². The number of Topliss-reactive ketones (excluding diaryl/α,β-unsaturated/α-hetero) is 1. The summed E-state index contributed by atoms with van der Waals surface area (Å²) in [6, 6.07) is 14.1. The summed E-state index contributed by atoms with van der Waals surface area (Å²) in [7, 11) is 1.36. The highest BCUT2D eigenvalue weighted by Crippen LogP contribution is 2.13. The Kier molecular flexibility index (Phi) is 7.21. The fraction of sp³-hybridized carbons (Fsp3) is 0.211. The number of amides is 1. The zero-order valence-corrected chi connectivity index (χ0v) is 15.1. The molecule has 28 heavy (non-hydrogen) atoms. The summed E-state index contributed by atoms with van der Waals surface area (Å²) < 4.78 is 9.90. The van der Waals surface area contributed by atoms with E-state index in [1.54, 1.807) is 12.1 Å². The number of hydrogen-bond acceptors (Lipinski definition) is 7. The summed E-state index contributed by atoms with van der Waals surface area (Å²) in [5, 5.41) is 10.7. The lowest BCUT2D eigenvalue weighted by Gasteiger charge is -2.16. The zero-order valence-electron chi connectivity index (χ0n) is 15.1. The van der Waals surface area contributed by atoms with Gasteiger partial charge in [-0.25, -0.2) is 4.79 Å². The van der Waals surface area contributed by atoms with Gasteiger partial charge in [0, 0.05) is 24.7 Å². The molecule has 0 aliphatic rings. The molecule has 0 saturated carbocycles. The number of hydrogen-bond donors (Lipinski definition) is 0. The number of nitro groups is 1. The first-order valence-electron chi connectivity index (χ1n) is 8.22. The van der Waals surface area contributed by atoms with E-state index in [2.05, 4.69) is 0 Å². The Bertz CT molecular complexity index is 868. The largest absolute Gasteiger partial charge is 0.456 e. The maximum Gasteiger partial charge on any atom is 0.410 e. The zero-order chi connectivity index (χ0) is 20.5. The van der Waals surface area contributed by atoms with Crippen LogP contribution in [0.3, 0.4) is 0 Å². The number of carbonyl (C=O) groups excluding carboxylic acids is 3. The molecule has 9 nitrogen and oxygen atoms in total. The van der Waals surface area contributed by atoms with Gasteiger partial charge in [0.25, 0.3) is 5.69 Å². The number of non-ortho nitro benzene ring substituents is 1. The number of likely N-dealkylation sites (N-methyl/N-ethyl adjacent to an activating group) is 1. The van der Waals surface area contributed by atoms with Crippen LogP contribution in [-0.2, 0) is 20.9 Å². The van der Waals surface area contributed by atoms with Gasteiger partial charge in [-0.15, -0.1) is 0 Å². The predicted molar refractivity (Wildman–Crippen MR) is 97.6 cm³/mol. The molecule has 0 aromatic heterocycles. The van der Waals surface area contributed by atoms with E-state index in [1.807, 2.05) is 18.2 Å². The third-order valence-corrected chi connectivity index (χ3v) is 3.63. The van der Waals surface area contributed by atoms with Crippen LogP contribution in [0.25, 0.3) is 0 Å². The number of nitrogens with zero attached hydrogens (tertiary/aromatic N) is 2. The van der Waals surface area contributed by atoms with Crippen molar-refractivity contribution in [2.24, 2.45) is 0 Å². The Morgan fingerprint density at radius 2 is 1.75 bits per heavy atom. The first-order valence-corrected chi connectivity index (χ1v) is 8.22. The summed E-state index contributed by atoms with van der Waals surface area (Å²) >= 11 is 0. The lowest BCUT2D eigenvalue weighted by molar-refractivity contribution is -0.384. The highest BCUT2D eigenvalue weighted by molar-refractivity contribution is 5.98. The smallest absolute Gasteiger partial charge is 0.410 e. The number of ketones is 1. The molecule has 0 spiro atoms. The van der Waals surface area contributed by atoms with E-state index >= 15 is 0 Å². The Morgan fingerprint density at radius 1 is 1.04 bits per heavy atom. The summed E-state index contributed by atoms with van der Waals surface area (Å²) in [5.41, 5.74) is 0.616. The molecule has 0 aliphatic heterocycles. The molecule has 146 valence electrons. The van der Waals surface area contributed by atoms with Crippen molar-refractivity contribution in [3.05, 3.63) is 75.8 Å². The summed E-state index contributed by atoms with van der Waals surface area (Å²) in [6.07, 6.45) is -0.717. The van der Waals surface area contributed by atoms with E-state index in [0.29, 0.717) is 0 Å². The summed E-state index contributed by atoms with van der Waals surface area (Å²) in [5.74, 6) is -1.40. The van der Waals surface area contributed by atoms with Gasteiger partial charge in [-0.3, -0.25) is 19.7 Å². The van der Waals surface area contributed by atoms with Crippen LogP contribution >= 0.6 is 0 Å². The molecule has 0 N–H and O–H groups in total. The van der Waals surface area contributed by atoms with E-state index in [-0.39, 0.29) is 17.9 Å². The third-order valence-electron chi connectivity index (χ3n) is 3.63. The molecule has 0 unspecified atom stereocenters. The second kappa shape index (κ2) is 9.81. The molecule has 0 aliphatic carbocycles. The number of carbonyl (C=O) groups is 3. The van der Waals surface area contributed by atoms with Crippen LogP contribution in [0.1, 0.15) is 15.9 Å². The van der Waals surface area contributed by atoms with Crippen LogP contribution in [0.5, 0.6) is 0 Å². The number of ether oxygens (including phenoxy) is 2. The molecule has 2 aromatic rings. The van der Waals surface area contributed by atoms with Crippen LogP contribution in [0.4, 0.5) is 10.5 Å². The van der Waals surface area contributed by atoms with E-state index in [0.717, 1.165) is 16.5 Å². The predicted octanol–water partition coefficient (Wildman–Crippen LogP) is 2.59. The van der Waals surface area contributed by atoms with Crippen molar-refractivity contribution < 1.29 is 28.8 Å². The van der Waals surface area contributed by atoms with Crippen molar-refractivity contribution in [3.63, 3.8) is 0 Å². The maximum absolute atomic E-state index is 12.0. The van der Waals surface area contributed by atoms with Crippen molar-refractivity contribution in [3.8, 4) is 0 Å². The van der Waals surface area contributed by atoms with Gasteiger partial charge in [0.05, 0.1) is 4.92 Å². The number of esters is 1. The lowest BCUT2D eigenvalue weighted by Crippen LogP contribution is -2.34. The second-order valence-electron chi connectivity index (χ2n) is 5.79. The van der Waals surface area contributed by atoms with Gasteiger partial charge in [-0.2, -0.15) is 0 Å². The molecule has 0 saturated heterocycles. The average Bonchev–Trinajstić information content (AvgIpc) is 2.70. The molecule has 0 fully saturated rings. The van der Waals surface area contributed by atoms with Gasteiger partial charge in [-0.1, -0.05) is 42.5 Å². The molecular formula is C19H18N2O7. The molecule has 0 heterocycles. The minimum Gasteiger partial charge on any atom is -0.456 e. The monoisotopic (exact) mass is 386 g/mol. The first-order chi connectivity index (χ1) is 13.4. The summed E-state index contributed by atoms with van der Waals surface area (Å²) in [6.45, 7) is -0.937. The Morgan fingerprint density at radius 3 is 2.43 bits per heavy atom. The van der Waals surface area contributed by atoms with Gasteiger partial charge in [0.15, 0.2) is 6.61 Å². The van der Waals surface area contributed by atoms with Crippen LogP contribution in [0.15, 0.2) is 54.6 Å². The topological polar surface area (TPSA) is 116 Å². The van der Waals surface area contributed by atoms with Crippen LogP contribution in [-0.4, -0.2) is 47.9 Å². The number of nitro benzene ring substituents is 1. The first kappa shape index (κ1) is 20.6. The molecule has 2 aromatic carbocycles. The van der Waals surface area contributed by atoms with Crippen LogP contribution < -0.4 is 0 Å². The van der Waals surface area contributed by atoms with Gasteiger partial charge in [-0.05, 0) is 5.56 Å². The van der Waals surface area contributed by atoms with Crippen molar-refractivity contribution in [1.82, 2.24) is 4.90 Å². The number of benzene rings is 2. The Labute approximate surface area is 160 Å². The van der Waals surface area contributed by atoms with Gasteiger partial charge >= 0.3 is 12.1 Å². The Balaban J connectivity index is 1.78. The maximum atomic E-state index is 12.0. The highest BCUT2D eigenvalue weighted by Gasteiger charge is 2.17. The molecule has 0 bridgehead atoms. The normalized spacial score (nSPS) is 10.0. The summed E-state index contributed by atoms with van der Waals surface area (Å²) in [4.78, 5) is 46.8. The molecule has 0 radical (unpaired) electrons. The van der Waals surface area contributed by atoms with Gasteiger partial charge < -0.3 is 14.4 Å². The fourth-order valence-corrected chi connectivity index (χ4v) is 2.16. The Hall–Kier alpha value is -3.75. The molecule has 2 rings (SSSR count). The average molecular weight is 386 g/mol. The van der Waals surface area contributed by atoms with Crippen LogP contribution in [0.2, 0.25) is 0 Å². The minimum atomic E-state index is -0.807. The van der Waals surface area contributed by atoms with Gasteiger partial charge in [0.2, 0.25) is 5.78 Å². The van der Waals surface area contributed by atoms with Crippen molar-refractivity contribution in [1.29, 1.82) is 0 Å². The minimum absolute atomic E-state index is 0.0534. The van der Waals surface area contributed by atoms with E-state index in [1.165, 1.54) is 25.2 Å². The SMILES string of the molecule is CN(CC(=O)OCC(=O)c1cccc([N+](=O)[O-])c1)C(=O)OCc1ccccc1. The van der Waals surface area contributed by atoms with Gasteiger partial charge in [0.1, 0.15) is 13.2 Å². The van der Waals surface area contributed by atoms with Crippen molar-refractivity contribution in [2.45, 2.75) is 6.61 Å². The van der Waals surface area contributed by atoms with Crippen LogP contribution in [0, 0.1) is 10.1 Å². The molecular weight excluding hydrogens is 368 g/mol. The van der Waals surface area contributed by atoms with E-state index in [4.69, 9.17) is 9.47 Å². The van der Waals surface area contributed by atoms with Crippen molar-refractivity contribution >= 4 is 23.5 Å². The third kappa shape index (κ3) is 6.20. The quantitative estimate of drug-likeness (QED) is 0.296. The highest BCUT2D eigenvalue weighted by atomic mass is 16.6. The molecule has 0 atom stereocenters. The van der Waals surface area contributed by atoms with E-state index in [9.17, 15) is 24.5 Å². The second-order valence-corrected chi connectivity index (χ2v) is 5.79.